The molecule has 0 unspecified atom stereocenters. The number of amides is 1. The van der Waals surface area contributed by atoms with Gasteiger partial charge in [0.2, 0.25) is 0 Å². The van der Waals surface area contributed by atoms with E-state index in [1.54, 1.807) is 25.1 Å². The minimum absolute atomic E-state index is 0.107. The summed E-state index contributed by atoms with van der Waals surface area (Å²) in [6.07, 6.45) is 2.79. The topological polar surface area (TPSA) is 94.8 Å². The number of aromatic hydroxyl groups is 2. The number of nitrogens with one attached hydrogen (secondary N) is 1. The van der Waals surface area contributed by atoms with Crippen LogP contribution in [0.5, 0.6) is 11.5 Å². The van der Waals surface area contributed by atoms with Crippen LogP contribution >= 0.6 is 31.9 Å². The molecule has 0 atom stereocenters. The molecule has 22 heavy (non-hydrogen) atoms. The van der Waals surface area contributed by atoms with Crippen molar-refractivity contribution in [3.05, 3.63) is 50.2 Å². The van der Waals surface area contributed by atoms with E-state index in [-0.39, 0.29) is 21.7 Å². The largest absolute Gasteiger partial charge is 0.506 e. The first-order chi connectivity index (χ1) is 10.4. The maximum Gasteiger partial charge on any atom is 0.289 e. The van der Waals surface area contributed by atoms with Gasteiger partial charge < -0.3 is 10.2 Å². The summed E-state index contributed by atoms with van der Waals surface area (Å²) in [6, 6.07) is 4.95. The zero-order chi connectivity index (χ0) is 16.3. The van der Waals surface area contributed by atoms with Crippen LogP contribution in [0.1, 0.15) is 21.6 Å². The number of pyridine rings is 1. The van der Waals surface area contributed by atoms with Crippen molar-refractivity contribution in [2.45, 2.75) is 6.92 Å². The van der Waals surface area contributed by atoms with Gasteiger partial charge in [-0.3, -0.25) is 9.78 Å². The number of rotatable bonds is 3. The van der Waals surface area contributed by atoms with E-state index in [0.717, 1.165) is 0 Å². The molecule has 2 rings (SSSR count). The molecule has 114 valence electrons. The molecule has 8 heteroatoms. The van der Waals surface area contributed by atoms with Crippen LogP contribution in [-0.4, -0.2) is 27.3 Å². The average Bonchev–Trinajstić information content (AvgIpc) is 2.55. The molecule has 0 radical (unpaired) electrons. The highest BCUT2D eigenvalue weighted by Gasteiger charge is 2.17. The zero-order valence-electron chi connectivity index (χ0n) is 11.3. The number of phenols is 2. The third kappa shape index (κ3) is 3.28. The van der Waals surface area contributed by atoms with Crippen LogP contribution < -0.4 is 5.43 Å². The lowest BCUT2D eigenvalue weighted by Gasteiger charge is -2.10. The van der Waals surface area contributed by atoms with Crippen molar-refractivity contribution in [1.82, 2.24) is 10.4 Å². The molecule has 0 spiro atoms. The van der Waals surface area contributed by atoms with E-state index in [1.165, 1.54) is 12.4 Å². The van der Waals surface area contributed by atoms with Gasteiger partial charge in [-0.15, -0.1) is 0 Å². The molecule has 1 aromatic carbocycles. The first-order valence-electron chi connectivity index (χ1n) is 6.07. The molecule has 1 aromatic heterocycles. The van der Waals surface area contributed by atoms with Gasteiger partial charge >= 0.3 is 0 Å². The van der Waals surface area contributed by atoms with Gasteiger partial charge in [0.15, 0.2) is 0 Å². The van der Waals surface area contributed by atoms with Gasteiger partial charge in [-0.25, -0.2) is 5.43 Å². The Bertz CT molecular complexity index is 720. The molecule has 0 aliphatic rings. The number of hydrazone groups is 1. The average molecular weight is 429 g/mol. The molecule has 0 bridgehead atoms. The Balaban J connectivity index is 2.23. The molecular formula is C14H11Br2N3O3. The van der Waals surface area contributed by atoms with Gasteiger partial charge in [-0.05, 0) is 56.5 Å². The van der Waals surface area contributed by atoms with Crippen LogP contribution in [0.25, 0.3) is 0 Å². The van der Waals surface area contributed by atoms with Gasteiger partial charge in [0.05, 0.1) is 10.7 Å². The maximum atomic E-state index is 11.8. The standard InChI is InChI=1S/C14H11Br2N3O3/c1-7-8(12(20)11(16)13(21)10(7)15)6-18-19-14(22)9-4-2-3-5-17-9/h2-6,20-21H,1H3,(H,19,22)/b18-6+. The van der Waals surface area contributed by atoms with Gasteiger partial charge in [-0.2, -0.15) is 5.10 Å². The van der Waals surface area contributed by atoms with Crippen LogP contribution in [0.15, 0.2) is 38.4 Å². The summed E-state index contributed by atoms with van der Waals surface area (Å²) in [5.74, 6) is -0.746. The second-order valence-electron chi connectivity index (χ2n) is 4.28. The number of aromatic nitrogens is 1. The molecule has 2 aromatic rings. The summed E-state index contributed by atoms with van der Waals surface area (Å²) in [6.45, 7) is 1.69. The summed E-state index contributed by atoms with van der Waals surface area (Å²) in [5, 5.41) is 23.6. The highest BCUT2D eigenvalue weighted by atomic mass is 79.9. The number of carbonyl (C=O) groups is 1. The van der Waals surface area contributed by atoms with Crippen LogP contribution in [0.4, 0.5) is 0 Å². The SMILES string of the molecule is Cc1c(Br)c(O)c(Br)c(O)c1/C=N/NC(=O)c1ccccn1. The third-order valence-corrected chi connectivity index (χ3v) is 4.59. The summed E-state index contributed by atoms with van der Waals surface area (Å²) in [5.41, 5.74) is 3.49. The smallest absolute Gasteiger partial charge is 0.289 e. The van der Waals surface area contributed by atoms with Crippen molar-refractivity contribution in [3.63, 3.8) is 0 Å². The predicted molar refractivity (Wildman–Crippen MR) is 89.2 cm³/mol. The third-order valence-electron chi connectivity index (χ3n) is 2.87. The van der Waals surface area contributed by atoms with Crippen molar-refractivity contribution in [1.29, 1.82) is 0 Å². The quantitative estimate of drug-likeness (QED) is 0.517. The Morgan fingerprint density at radius 3 is 2.64 bits per heavy atom. The molecule has 0 saturated heterocycles. The number of carbonyl (C=O) groups excluding carboxylic acids is 1. The molecule has 0 aliphatic carbocycles. The van der Waals surface area contributed by atoms with Crippen LogP contribution in [0.2, 0.25) is 0 Å². The van der Waals surface area contributed by atoms with E-state index < -0.39 is 5.91 Å². The summed E-state index contributed by atoms with van der Waals surface area (Å²) in [7, 11) is 0. The minimum atomic E-state index is -0.467. The second kappa shape index (κ2) is 6.89. The van der Waals surface area contributed by atoms with Crippen LogP contribution in [0, 0.1) is 6.92 Å². The van der Waals surface area contributed by atoms with Crippen molar-refractivity contribution in [2.75, 3.05) is 0 Å². The molecule has 1 amide bonds. The van der Waals surface area contributed by atoms with Crippen molar-refractivity contribution in [3.8, 4) is 11.5 Å². The number of hydrogen-bond acceptors (Lipinski definition) is 5. The molecular weight excluding hydrogens is 418 g/mol. The van der Waals surface area contributed by atoms with Crippen LogP contribution in [-0.2, 0) is 0 Å². The van der Waals surface area contributed by atoms with Crippen molar-refractivity contribution in [2.24, 2.45) is 5.10 Å². The highest BCUT2D eigenvalue weighted by Crippen LogP contribution is 2.43. The summed E-state index contributed by atoms with van der Waals surface area (Å²) in [4.78, 5) is 15.7. The lowest BCUT2D eigenvalue weighted by Crippen LogP contribution is -2.18. The Morgan fingerprint density at radius 1 is 1.27 bits per heavy atom. The number of halogens is 2. The fraction of sp³-hybridized carbons (Fsp3) is 0.0714. The lowest BCUT2D eigenvalue weighted by molar-refractivity contribution is 0.0950. The van der Waals surface area contributed by atoms with E-state index in [0.29, 0.717) is 15.6 Å². The van der Waals surface area contributed by atoms with E-state index in [2.05, 4.69) is 47.4 Å². The first-order valence-corrected chi connectivity index (χ1v) is 7.66. The van der Waals surface area contributed by atoms with E-state index in [4.69, 9.17) is 0 Å². The molecule has 6 nitrogen and oxygen atoms in total. The number of benzene rings is 1. The Kier molecular flexibility index (Phi) is 5.15. The predicted octanol–water partition coefficient (Wildman–Crippen LogP) is 3.09. The Labute approximate surface area is 143 Å². The maximum absolute atomic E-state index is 11.8. The summed E-state index contributed by atoms with van der Waals surface area (Å²) >= 11 is 6.31. The lowest BCUT2D eigenvalue weighted by atomic mass is 10.1. The molecule has 0 fully saturated rings. The normalized spacial score (nSPS) is 10.9. The van der Waals surface area contributed by atoms with Gasteiger partial charge in [0, 0.05) is 11.8 Å². The molecule has 0 aliphatic heterocycles. The fourth-order valence-electron chi connectivity index (χ4n) is 1.67. The first kappa shape index (κ1) is 16.4. The summed E-state index contributed by atoms with van der Waals surface area (Å²) < 4.78 is 0.567. The fourth-order valence-corrected chi connectivity index (χ4v) is 2.76. The minimum Gasteiger partial charge on any atom is -0.506 e. The van der Waals surface area contributed by atoms with E-state index in [9.17, 15) is 15.0 Å². The van der Waals surface area contributed by atoms with Gasteiger partial charge in [0.25, 0.3) is 5.91 Å². The number of hydrogen-bond donors (Lipinski definition) is 3. The molecule has 3 N–H and O–H groups in total. The zero-order valence-corrected chi connectivity index (χ0v) is 14.5. The second-order valence-corrected chi connectivity index (χ2v) is 5.86. The molecule has 0 saturated carbocycles. The van der Waals surface area contributed by atoms with Crippen molar-refractivity contribution >= 4 is 44.0 Å². The van der Waals surface area contributed by atoms with Crippen molar-refractivity contribution < 1.29 is 15.0 Å². The van der Waals surface area contributed by atoms with E-state index in [1.807, 2.05) is 0 Å². The number of phenolic OH excluding ortho intramolecular Hbond substituents is 2. The number of nitrogens with zero attached hydrogens (tertiary/aromatic N) is 2. The Hall–Kier alpha value is -1.93. The van der Waals surface area contributed by atoms with Crippen LogP contribution in [0.3, 0.4) is 0 Å². The van der Waals surface area contributed by atoms with Gasteiger partial charge in [-0.1, -0.05) is 6.07 Å². The molecule has 1 heterocycles. The van der Waals surface area contributed by atoms with E-state index >= 15 is 0 Å². The highest BCUT2D eigenvalue weighted by molar-refractivity contribution is 9.11. The Morgan fingerprint density at radius 2 is 2.00 bits per heavy atom. The monoisotopic (exact) mass is 427 g/mol. The van der Waals surface area contributed by atoms with Gasteiger partial charge in [0.1, 0.15) is 21.7 Å².